The molecule has 3 nitrogen and oxygen atoms in total. The zero-order valence-corrected chi connectivity index (χ0v) is 14.5. The summed E-state index contributed by atoms with van der Waals surface area (Å²) in [4.78, 5) is 8.98. The molecule has 0 spiro atoms. The van der Waals surface area contributed by atoms with E-state index in [1.165, 1.54) is 0 Å². The molecule has 0 saturated carbocycles. The molecule has 0 N–H and O–H groups in total. The van der Waals surface area contributed by atoms with E-state index in [1.54, 1.807) is 6.20 Å². The topological polar surface area (TPSA) is 35.0 Å². The number of aryl methyl sites for hydroxylation is 1. The van der Waals surface area contributed by atoms with Crippen LogP contribution in [-0.4, -0.2) is 9.97 Å². The zero-order chi connectivity index (χ0) is 17.8. The van der Waals surface area contributed by atoms with Gasteiger partial charge in [-0.05, 0) is 55.5 Å². The first-order valence-corrected chi connectivity index (χ1v) is 8.51. The maximum Gasteiger partial charge on any atom is 0.128 e. The van der Waals surface area contributed by atoms with Crippen LogP contribution < -0.4 is 4.74 Å². The number of nitrogens with zero attached hydrogens (tertiary/aromatic N) is 2. The lowest BCUT2D eigenvalue weighted by Gasteiger charge is -2.09. The van der Waals surface area contributed by atoms with Crippen molar-refractivity contribution in [3.05, 3.63) is 96.8 Å². The number of hydrogen-bond acceptors (Lipinski definition) is 3. The Morgan fingerprint density at radius 3 is 1.96 bits per heavy atom. The van der Waals surface area contributed by atoms with Gasteiger partial charge in [-0.2, -0.15) is 0 Å². The van der Waals surface area contributed by atoms with Gasteiger partial charge in [0.05, 0.1) is 11.4 Å². The minimum Gasteiger partial charge on any atom is -0.457 e. The first-order chi connectivity index (χ1) is 12.8. The molecule has 0 amide bonds. The van der Waals surface area contributed by atoms with Crippen molar-refractivity contribution in [2.24, 2.45) is 0 Å². The second kappa shape index (κ2) is 7.19. The minimum atomic E-state index is 0.780. The van der Waals surface area contributed by atoms with E-state index in [0.717, 1.165) is 39.7 Å². The summed E-state index contributed by atoms with van der Waals surface area (Å²) in [6.07, 6.45) is 1.79. The molecule has 2 heterocycles. The van der Waals surface area contributed by atoms with Crippen LogP contribution in [0.3, 0.4) is 0 Å². The third-order valence-electron chi connectivity index (χ3n) is 4.05. The van der Waals surface area contributed by atoms with E-state index in [2.05, 4.69) is 9.97 Å². The summed E-state index contributed by atoms with van der Waals surface area (Å²) in [5.74, 6) is 1.56. The summed E-state index contributed by atoms with van der Waals surface area (Å²) >= 11 is 0. The molecular formula is C23H18N2O. The van der Waals surface area contributed by atoms with Gasteiger partial charge in [-0.1, -0.05) is 36.4 Å². The van der Waals surface area contributed by atoms with Crippen LogP contribution in [-0.2, 0) is 0 Å². The first-order valence-electron chi connectivity index (χ1n) is 8.51. The molecule has 0 bridgehead atoms. The minimum absolute atomic E-state index is 0.780. The molecule has 4 aromatic rings. The Kier molecular flexibility index (Phi) is 4.44. The molecule has 2 aromatic heterocycles. The van der Waals surface area contributed by atoms with E-state index < -0.39 is 0 Å². The van der Waals surface area contributed by atoms with E-state index in [4.69, 9.17) is 4.74 Å². The van der Waals surface area contributed by atoms with Crippen LogP contribution in [0.4, 0.5) is 0 Å². The number of ether oxygens (including phenoxy) is 1. The predicted molar refractivity (Wildman–Crippen MR) is 104 cm³/mol. The third kappa shape index (κ3) is 3.62. The maximum absolute atomic E-state index is 6.08. The fraction of sp³-hybridized carbons (Fsp3) is 0.0435. The highest BCUT2D eigenvalue weighted by Gasteiger charge is 2.05. The predicted octanol–water partition coefficient (Wildman–Crippen LogP) is 5.91. The standard InChI is InChI=1S/C23H18N2O/c1-17-7-4-13-23(25-17)19-9-6-11-21(16-19)26-20-10-5-8-18(15-20)22-12-2-3-14-24-22/h2-16H,1H3. The SMILES string of the molecule is Cc1cccc(-c2cccc(Oc3cccc(-c4ccccn4)c3)c2)n1. The van der Waals surface area contributed by atoms with Crippen LogP contribution in [0.25, 0.3) is 22.5 Å². The molecule has 0 aliphatic heterocycles. The highest BCUT2D eigenvalue weighted by molar-refractivity contribution is 5.63. The van der Waals surface area contributed by atoms with Gasteiger partial charge in [0.25, 0.3) is 0 Å². The molecule has 0 atom stereocenters. The smallest absolute Gasteiger partial charge is 0.128 e. The number of rotatable bonds is 4. The Labute approximate surface area is 153 Å². The molecule has 2 aromatic carbocycles. The van der Waals surface area contributed by atoms with Crippen LogP contribution in [0.5, 0.6) is 11.5 Å². The Morgan fingerprint density at radius 1 is 0.654 bits per heavy atom. The number of aromatic nitrogens is 2. The van der Waals surface area contributed by atoms with Gasteiger partial charge in [0.2, 0.25) is 0 Å². The van der Waals surface area contributed by atoms with Gasteiger partial charge >= 0.3 is 0 Å². The fourth-order valence-electron chi connectivity index (χ4n) is 2.81. The lowest BCUT2D eigenvalue weighted by atomic mass is 10.1. The molecule has 0 aliphatic carbocycles. The van der Waals surface area contributed by atoms with Gasteiger partial charge in [-0.15, -0.1) is 0 Å². The van der Waals surface area contributed by atoms with Crippen LogP contribution >= 0.6 is 0 Å². The summed E-state index contributed by atoms with van der Waals surface area (Å²) < 4.78 is 6.08. The molecule has 0 saturated heterocycles. The van der Waals surface area contributed by atoms with E-state index in [1.807, 2.05) is 91.9 Å². The molecule has 0 fully saturated rings. The van der Waals surface area contributed by atoms with Crippen molar-refractivity contribution in [3.63, 3.8) is 0 Å². The van der Waals surface area contributed by atoms with E-state index in [9.17, 15) is 0 Å². The highest BCUT2D eigenvalue weighted by Crippen LogP contribution is 2.29. The second-order valence-electron chi connectivity index (χ2n) is 6.04. The van der Waals surface area contributed by atoms with E-state index >= 15 is 0 Å². The van der Waals surface area contributed by atoms with Gasteiger partial charge in [-0.3, -0.25) is 9.97 Å². The molecule has 0 radical (unpaired) electrons. The number of pyridine rings is 2. The van der Waals surface area contributed by atoms with E-state index in [-0.39, 0.29) is 0 Å². The molecule has 4 rings (SSSR count). The average Bonchev–Trinajstić information content (AvgIpc) is 2.69. The van der Waals surface area contributed by atoms with Gasteiger partial charge in [0, 0.05) is 23.0 Å². The second-order valence-corrected chi connectivity index (χ2v) is 6.04. The van der Waals surface area contributed by atoms with Crippen molar-refractivity contribution in [2.75, 3.05) is 0 Å². The largest absolute Gasteiger partial charge is 0.457 e. The molecule has 0 aliphatic rings. The van der Waals surface area contributed by atoms with Crippen LogP contribution in [0.15, 0.2) is 91.1 Å². The summed E-state index contributed by atoms with van der Waals surface area (Å²) in [5.41, 5.74) is 4.93. The Morgan fingerprint density at radius 2 is 1.31 bits per heavy atom. The summed E-state index contributed by atoms with van der Waals surface area (Å²) in [6.45, 7) is 1.99. The maximum atomic E-state index is 6.08. The quantitative estimate of drug-likeness (QED) is 0.464. The number of hydrogen-bond donors (Lipinski definition) is 0. The number of benzene rings is 2. The van der Waals surface area contributed by atoms with Crippen LogP contribution in [0, 0.1) is 6.92 Å². The van der Waals surface area contributed by atoms with Crippen molar-refractivity contribution < 1.29 is 4.74 Å². The Hall–Kier alpha value is -3.46. The molecular weight excluding hydrogens is 320 g/mol. The van der Waals surface area contributed by atoms with Crippen LogP contribution in [0.2, 0.25) is 0 Å². The monoisotopic (exact) mass is 338 g/mol. The van der Waals surface area contributed by atoms with E-state index in [0.29, 0.717) is 0 Å². The summed E-state index contributed by atoms with van der Waals surface area (Å²) in [6, 6.07) is 27.8. The van der Waals surface area contributed by atoms with Crippen molar-refractivity contribution in [1.82, 2.24) is 9.97 Å². The molecule has 126 valence electrons. The fourth-order valence-corrected chi connectivity index (χ4v) is 2.81. The van der Waals surface area contributed by atoms with Gasteiger partial charge < -0.3 is 4.74 Å². The van der Waals surface area contributed by atoms with Gasteiger partial charge in [-0.25, -0.2) is 0 Å². The van der Waals surface area contributed by atoms with Gasteiger partial charge in [0.1, 0.15) is 11.5 Å². The molecule has 0 unspecified atom stereocenters. The van der Waals surface area contributed by atoms with Crippen molar-refractivity contribution in [1.29, 1.82) is 0 Å². The lowest BCUT2D eigenvalue weighted by Crippen LogP contribution is -1.89. The van der Waals surface area contributed by atoms with Gasteiger partial charge in [0.15, 0.2) is 0 Å². The third-order valence-corrected chi connectivity index (χ3v) is 4.05. The summed E-state index contributed by atoms with van der Waals surface area (Å²) in [5, 5.41) is 0. The summed E-state index contributed by atoms with van der Waals surface area (Å²) in [7, 11) is 0. The lowest BCUT2D eigenvalue weighted by molar-refractivity contribution is 0.483. The average molecular weight is 338 g/mol. The van der Waals surface area contributed by atoms with Crippen molar-refractivity contribution in [2.45, 2.75) is 6.92 Å². The Balaban J connectivity index is 1.61. The van der Waals surface area contributed by atoms with Crippen LogP contribution in [0.1, 0.15) is 5.69 Å². The molecule has 26 heavy (non-hydrogen) atoms. The van der Waals surface area contributed by atoms with Crippen molar-refractivity contribution >= 4 is 0 Å². The molecule has 3 heteroatoms. The normalized spacial score (nSPS) is 10.5. The van der Waals surface area contributed by atoms with Crippen molar-refractivity contribution in [3.8, 4) is 34.0 Å². The first kappa shape index (κ1) is 16.0. The Bertz CT molecular complexity index is 1030. The zero-order valence-electron chi connectivity index (χ0n) is 14.5. The highest BCUT2D eigenvalue weighted by atomic mass is 16.5.